The van der Waals surface area contributed by atoms with Gasteiger partial charge in [-0.15, -0.1) is 0 Å². The Bertz CT molecular complexity index is 787. The van der Waals surface area contributed by atoms with E-state index in [0.717, 1.165) is 126 Å². The molecule has 8 nitrogen and oxygen atoms in total. The van der Waals surface area contributed by atoms with Gasteiger partial charge in [0.05, 0.1) is 26.4 Å². The third kappa shape index (κ3) is 17.0. The molecule has 1 aliphatic rings. The monoisotopic (exact) mass is 780 g/mol. The Labute approximate surface area is 325 Å². The fourth-order valence-corrected chi connectivity index (χ4v) is 7.50. The quantitative estimate of drug-likeness (QED) is 0.0176. The summed E-state index contributed by atoms with van der Waals surface area (Å²) >= 11 is 17.1. The van der Waals surface area contributed by atoms with Gasteiger partial charge < -0.3 is 18.9 Å². The first-order valence-electron chi connectivity index (χ1n) is 19.5. The number of ether oxygens (including phenoxy) is 4. The lowest BCUT2D eigenvalue weighted by Crippen LogP contribution is -2.64. The maximum atomic E-state index is 14.3. The zero-order chi connectivity index (χ0) is 36.8. The van der Waals surface area contributed by atoms with Gasteiger partial charge >= 0.3 is 23.9 Å². The van der Waals surface area contributed by atoms with E-state index in [-0.39, 0.29) is 39.3 Å². The van der Waals surface area contributed by atoms with E-state index in [4.69, 9.17) is 18.9 Å². The number of rotatable bonds is 32. The first kappa shape index (κ1) is 47.3. The molecule has 0 saturated heterocycles. The van der Waals surface area contributed by atoms with Gasteiger partial charge in [-0.05, 0) is 87.2 Å². The molecule has 1 aliphatic carbocycles. The Morgan fingerprint density at radius 3 is 0.760 bits per heavy atom. The number of hydrogen-bond acceptors (Lipinski definition) is 12. The second-order valence-electron chi connectivity index (χ2n) is 13.5. The topological polar surface area (TPSA) is 105 Å². The van der Waals surface area contributed by atoms with Gasteiger partial charge in [0.15, 0.2) is 10.8 Å². The Hall–Kier alpha value is -0.720. The maximum absolute atomic E-state index is 14.3. The van der Waals surface area contributed by atoms with Gasteiger partial charge in [0, 0.05) is 0 Å². The summed E-state index contributed by atoms with van der Waals surface area (Å²) in [6, 6.07) is 0. The van der Waals surface area contributed by atoms with Crippen molar-refractivity contribution in [1.82, 2.24) is 0 Å². The van der Waals surface area contributed by atoms with Crippen molar-refractivity contribution in [2.24, 2.45) is 10.8 Å². The summed E-state index contributed by atoms with van der Waals surface area (Å²) in [4.78, 5) is 57.3. The van der Waals surface area contributed by atoms with Crippen molar-refractivity contribution >= 4 is 74.4 Å². The second-order valence-corrected chi connectivity index (χ2v) is 15.3. The Morgan fingerprint density at radius 1 is 0.340 bits per heavy atom. The third-order valence-corrected chi connectivity index (χ3v) is 10.9. The van der Waals surface area contributed by atoms with Crippen molar-refractivity contribution in [3.8, 4) is 0 Å². The Morgan fingerprint density at radius 2 is 0.540 bits per heavy atom. The van der Waals surface area contributed by atoms with E-state index >= 15 is 0 Å². The molecule has 0 heterocycles. The van der Waals surface area contributed by atoms with Crippen LogP contribution in [0.1, 0.15) is 154 Å². The first-order valence-corrected chi connectivity index (χ1v) is 22.0. The minimum atomic E-state index is -2.18. The van der Waals surface area contributed by atoms with Crippen LogP contribution in [0.3, 0.4) is 0 Å². The van der Waals surface area contributed by atoms with Gasteiger partial charge in [0.1, 0.15) is 0 Å². The SMILES string of the molecule is O=C(OCCCCCCCS)C1(C(=O)OCCCCCCCS)CCCCC1(C(=O)OCCCCCCCS)C(=O)OCCCCCCCS. The minimum absolute atomic E-state index is 0.0494. The highest BCUT2D eigenvalue weighted by atomic mass is 32.1. The third-order valence-electron chi connectivity index (χ3n) is 9.62. The van der Waals surface area contributed by atoms with Crippen LogP contribution in [0.5, 0.6) is 0 Å². The number of thiol groups is 4. The normalized spacial score (nSPS) is 15.0. The average molecular weight is 781 g/mol. The van der Waals surface area contributed by atoms with Gasteiger partial charge in [-0.3, -0.25) is 19.2 Å². The van der Waals surface area contributed by atoms with Gasteiger partial charge in [-0.2, -0.15) is 50.5 Å². The van der Waals surface area contributed by atoms with Crippen molar-refractivity contribution in [3.05, 3.63) is 0 Å². The molecule has 0 atom stereocenters. The molecule has 12 heteroatoms. The molecule has 0 unspecified atom stereocenters. The van der Waals surface area contributed by atoms with E-state index in [1.807, 2.05) is 0 Å². The molecule has 0 aliphatic heterocycles. The molecule has 0 bridgehead atoms. The Balaban J connectivity index is 3.32. The van der Waals surface area contributed by atoms with Crippen LogP contribution in [0.2, 0.25) is 0 Å². The van der Waals surface area contributed by atoms with Crippen LogP contribution < -0.4 is 0 Å². The predicted molar refractivity (Wildman–Crippen MR) is 215 cm³/mol. The largest absolute Gasteiger partial charge is 0.465 e. The van der Waals surface area contributed by atoms with Gasteiger partial charge in [0.25, 0.3) is 0 Å². The van der Waals surface area contributed by atoms with Crippen LogP contribution in [0.25, 0.3) is 0 Å². The van der Waals surface area contributed by atoms with Crippen LogP contribution >= 0.6 is 50.5 Å². The van der Waals surface area contributed by atoms with Crippen LogP contribution in [0.4, 0.5) is 0 Å². The summed E-state index contributed by atoms with van der Waals surface area (Å²) in [5.41, 5.74) is -4.37. The highest BCUT2D eigenvalue weighted by molar-refractivity contribution is 7.80. The number of carbonyl (C=O) groups is 4. The summed E-state index contributed by atoms with van der Waals surface area (Å²) in [5.74, 6) is -0.244. The molecule has 0 aromatic rings. The number of unbranched alkanes of at least 4 members (excludes halogenated alkanes) is 16. The van der Waals surface area contributed by atoms with Gasteiger partial charge in [-0.25, -0.2) is 0 Å². The maximum Gasteiger partial charge on any atom is 0.325 e. The van der Waals surface area contributed by atoms with E-state index in [1.54, 1.807) is 0 Å². The van der Waals surface area contributed by atoms with Crippen molar-refractivity contribution in [2.75, 3.05) is 49.4 Å². The molecule has 292 valence electrons. The van der Waals surface area contributed by atoms with Crippen LogP contribution in [0, 0.1) is 10.8 Å². The van der Waals surface area contributed by atoms with Crippen molar-refractivity contribution < 1.29 is 38.1 Å². The number of hydrogen-bond donors (Lipinski definition) is 4. The first-order chi connectivity index (χ1) is 24.4. The fourth-order valence-electron chi connectivity index (χ4n) is 6.61. The van der Waals surface area contributed by atoms with Crippen LogP contribution in [-0.4, -0.2) is 73.3 Å². The molecule has 0 aromatic carbocycles. The van der Waals surface area contributed by atoms with Crippen molar-refractivity contribution in [3.63, 3.8) is 0 Å². The van der Waals surface area contributed by atoms with E-state index < -0.39 is 34.7 Å². The molecular formula is C38H68O8S4. The molecule has 1 saturated carbocycles. The van der Waals surface area contributed by atoms with Crippen LogP contribution in [0.15, 0.2) is 0 Å². The molecule has 0 amide bonds. The summed E-state index contributed by atoms with van der Waals surface area (Å²) in [7, 11) is 0. The second kappa shape index (κ2) is 30.7. The van der Waals surface area contributed by atoms with E-state index in [2.05, 4.69) is 50.5 Å². The number of carbonyl (C=O) groups excluding carboxylic acids is 4. The zero-order valence-electron chi connectivity index (χ0n) is 30.7. The summed E-state index contributed by atoms with van der Waals surface area (Å²) in [6.07, 6.45) is 18.8. The van der Waals surface area contributed by atoms with E-state index in [1.165, 1.54) is 0 Å². The van der Waals surface area contributed by atoms with E-state index in [9.17, 15) is 19.2 Å². The summed E-state index contributed by atoms with van der Waals surface area (Å²) < 4.78 is 23.2. The lowest BCUT2D eigenvalue weighted by molar-refractivity contribution is -0.209. The molecule has 1 fully saturated rings. The molecule has 50 heavy (non-hydrogen) atoms. The molecular weight excluding hydrogens is 713 g/mol. The van der Waals surface area contributed by atoms with E-state index in [0.29, 0.717) is 38.5 Å². The standard InChI is InChI=1S/C38H68O8S4/c39-33(43-25-15-5-1-9-19-29-47)37(34(40)44-26-16-6-2-10-20-30-48)23-13-14-24-38(37,35(41)45-27-17-7-3-11-21-31-49)36(42)46-28-18-8-4-12-22-32-50/h47-50H,1-32H2. The van der Waals surface area contributed by atoms with Gasteiger partial charge in [0.2, 0.25) is 0 Å². The number of esters is 4. The molecule has 0 N–H and O–H groups in total. The lowest BCUT2D eigenvalue weighted by Gasteiger charge is -2.45. The Kier molecular flexibility index (Phi) is 29.1. The van der Waals surface area contributed by atoms with Crippen molar-refractivity contribution in [1.29, 1.82) is 0 Å². The summed E-state index contributed by atoms with van der Waals surface area (Å²) in [6.45, 7) is 0.328. The van der Waals surface area contributed by atoms with Gasteiger partial charge in [-0.1, -0.05) is 89.9 Å². The molecule has 0 spiro atoms. The molecule has 0 radical (unpaired) electrons. The minimum Gasteiger partial charge on any atom is -0.465 e. The van der Waals surface area contributed by atoms with Crippen LogP contribution in [-0.2, 0) is 38.1 Å². The predicted octanol–water partition coefficient (Wildman–Crippen LogP) is 9.23. The fraction of sp³-hybridized carbons (Fsp3) is 0.895. The lowest BCUT2D eigenvalue weighted by atomic mass is 9.55. The highest BCUT2D eigenvalue weighted by Crippen LogP contribution is 2.54. The zero-order valence-corrected chi connectivity index (χ0v) is 34.3. The molecule has 1 rings (SSSR count). The van der Waals surface area contributed by atoms with Crippen molar-refractivity contribution in [2.45, 2.75) is 154 Å². The molecule has 0 aromatic heterocycles. The summed E-state index contributed by atoms with van der Waals surface area (Å²) in [5, 5.41) is 0. The highest BCUT2D eigenvalue weighted by Gasteiger charge is 2.73. The smallest absolute Gasteiger partial charge is 0.325 e. The average Bonchev–Trinajstić information content (AvgIpc) is 3.12.